The molecule has 4 amide bonds. The van der Waals surface area contributed by atoms with E-state index in [1.54, 1.807) is 12.4 Å². The number of anilines is 4. The lowest BCUT2D eigenvalue weighted by Crippen LogP contribution is -2.36. The second-order valence-electron chi connectivity index (χ2n) is 16.6. The molecule has 6 rings (SSSR count). The molecular formula is C51H62N6O12. The molecule has 69 heavy (non-hydrogen) atoms. The normalized spacial score (nSPS) is 15.1. The van der Waals surface area contributed by atoms with E-state index in [2.05, 4.69) is 21.3 Å². The number of amides is 4. The third kappa shape index (κ3) is 13.4. The molecule has 0 saturated heterocycles. The zero-order valence-electron chi connectivity index (χ0n) is 39.9. The van der Waals surface area contributed by atoms with E-state index in [1.165, 1.54) is 48.3 Å². The fourth-order valence-electron chi connectivity index (χ4n) is 7.86. The lowest BCUT2D eigenvalue weighted by Gasteiger charge is -2.24. The SMILES string of the molecule is CNc1ccc(COC(=O)Nc2cc(OCCCCCOc3cc(NC(=O)OCc4ccc(NC)cc4)c(C(=O)N4C=C(C)C[C@H]4CO)cc3OC)c(OC)cc2C(=O)N2C=C(C)C[C@H]2CO)cc1. The summed E-state index contributed by atoms with van der Waals surface area (Å²) in [5.41, 5.74) is 5.71. The Labute approximate surface area is 402 Å². The molecule has 0 unspecified atom stereocenters. The van der Waals surface area contributed by atoms with Gasteiger partial charge < -0.3 is 59.1 Å². The molecule has 2 aliphatic rings. The van der Waals surface area contributed by atoms with Crippen molar-refractivity contribution in [1.29, 1.82) is 0 Å². The van der Waals surface area contributed by atoms with Crippen LogP contribution in [0.1, 0.15) is 77.8 Å². The second-order valence-corrected chi connectivity index (χ2v) is 16.6. The molecule has 0 fully saturated rings. The van der Waals surface area contributed by atoms with Crippen LogP contribution in [-0.2, 0) is 22.7 Å². The van der Waals surface area contributed by atoms with Gasteiger partial charge in [-0.2, -0.15) is 0 Å². The van der Waals surface area contributed by atoms with Crippen LogP contribution >= 0.6 is 0 Å². The molecule has 0 saturated carbocycles. The Balaban J connectivity index is 1.11. The van der Waals surface area contributed by atoms with E-state index < -0.39 is 36.1 Å². The van der Waals surface area contributed by atoms with E-state index in [0.717, 1.165) is 33.6 Å². The summed E-state index contributed by atoms with van der Waals surface area (Å²) in [6.45, 7) is 3.73. The molecule has 0 aromatic heterocycles. The van der Waals surface area contributed by atoms with Gasteiger partial charge in [0.15, 0.2) is 23.0 Å². The van der Waals surface area contributed by atoms with E-state index in [9.17, 15) is 29.4 Å². The van der Waals surface area contributed by atoms with Crippen LogP contribution in [0.2, 0.25) is 0 Å². The Kier molecular flexibility index (Phi) is 18.1. The Morgan fingerprint density at radius 3 is 1.32 bits per heavy atom. The fraction of sp³-hybridized carbons (Fsp3) is 0.373. The predicted octanol–water partition coefficient (Wildman–Crippen LogP) is 8.13. The highest BCUT2D eigenvalue weighted by molar-refractivity contribution is 6.05. The van der Waals surface area contributed by atoms with Crippen LogP contribution in [0.3, 0.4) is 0 Å². The molecule has 4 aromatic rings. The van der Waals surface area contributed by atoms with Gasteiger partial charge >= 0.3 is 12.2 Å². The minimum absolute atomic E-state index is 0.0108. The maximum absolute atomic E-state index is 14.0. The van der Waals surface area contributed by atoms with Gasteiger partial charge in [-0.1, -0.05) is 35.4 Å². The minimum atomic E-state index is -0.786. The Bertz CT molecular complexity index is 2320. The highest BCUT2D eigenvalue weighted by atomic mass is 16.6. The summed E-state index contributed by atoms with van der Waals surface area (Å²) in [4.78, 5) is 57.2. The van der Waals surface area contributed by atoms with E-state index >= 15 is 0 Å². The zero-order valence-corrected chi connectivity index (χ0v) is 39.9. The van der Waals surface area contributed by atoms with Crippen molar-refractivity contribution in [1.82, 2.24) is 9.80 Å². The summed E-state index contributed by atoms with van der Waals surface area (Å²) in [7, 11) is 6.52. The first-order chi connectivity index (χ1) is 33.4. The number of hydrogen-bond acceptors (Lipinski definition) is 14. The zero-order chi connectivity index (χ0) is 49.5. The smallest absolute Gasteiger partial charge is 0.411 e. The maximum Gasteiger partial charge on any atom is 0.411 e. The van der Waals surface area contributed by atoms with Crippen LogP contribution in [0.25, 0.3) is 0 Å². The van der Waals surface area contributed by atoms with Gasteiger partial charge in [0, 0.05) is 50.0 Å². The number of benzene rings is 4. The number of unbranched alkanes of at least 4 members (excludes halogenated alkanes) is 2. The van der Waals surface area contributed by atoms with Crippen LogP contribution in [0.15, 0.2) is 96.3 Å². The highest BCUT2D eigenvalue weighted by Gasteiger charge is 2.32. The molecule has 4 aromatic carbocycles. The number of aliphatic hydroxyl groups excluding tert-OH is 2. The lowest BCUT2D eigenvalue weighted by atomic mass is 10.1. The summed E-state index contributed by atoms with van der Waals surface area (Å²) >= 11 is 0. The van der Waals surface area contributed by atoms with Crippen LogP contribution in [0, 0.1) is 0 Å². The molecule has 6 N–H and O–H groups in total. The van der Waals surface area contributed by atoms with Gasteiger partial charge in [-0.3, -0.25) is 20.2 Å². The topological polar surface area (TPSA) is 219 Å². The number of rotatable bonds is 22. The van der Waals surface area contributed by atoms with Crippen LogP contribution in [0.4, 0.5) is 32.3 Å². The minimum Gasteiger partial charge on any atom is -0.493 e. The summed E-state index contributed by atoms with van der Waals surface area (Å²) in [6, 6.07) is 19.9. The number of nitrogens with zero attached hydrogens (tertiary/aromatic N) is 2. The fourth-order valence-corrected chi connectivity index (χ4v) is 7.86. The number of carbonyl (C=O) groups excluding carboxylic acids is 4. The Morgan fingerprint density at radius 2 is 0.971 bits per heavy atom. The number of hydrogen-bond donors (Lipinski definition) is 6. The first-order valence-corrected chi connectivity index (χ1v) is 22.7. The van der Waals surface area contributed by atoms with Crippen molar-refractivity contribution in [3.8, 4) is 23.0 Å². The van der Waals surface area contributed by atoms with Crippen molar-refractivity contribution in [2.75, 3.05) is 76.0 Å². The number of aliphatic hydroxyl groups is 2. The molecule has 0 radical (unpaired) electrons. The van der Waals surface area contributed by atoms with Gasteiger partial charge in [0.25, 0.3) is 11.8 Å². The molecule has 18 heteroatoms. The number of methoxy groups -OCH3 is 2. The molecule has 2 heterocycles. The molecule has 18 nitrogen and oxygen atoms in total. The van der Waals surface area contributed by atoms with Crippen molar-refractivity contribution in [2.24, 2.45) is 0 Å². The largest absolute Gasteiger partial charge is 0.493 e. The average Bonchev–Trinajstić information content (AvgIpc) is 3.95. The average molecular weight is 951 g/mol. The summed E-state index contributed by atoms with van der Waals surface area (Å²) < 4.78 is 34.7. The van der Waals surface area contributed by atoms with Gasteiger partial charge in [0.2, 0.25) is 0 Å². The summed E-state index contributed by atoms with van der Waals surface area (Å²) in [5, 5.41) is 31.6. The van der Waals surface area contributed by atoms with Crippen molar-refractivity contribution < 1.29 is 57.8 Å². The van der Waals surface area contributed by atoms with Gasteiger partial charge in [0.05, 0.1) is 75.2 Å². The van der Waals surface area contributed by atoms with E-state index in [-0.39, 0.29) is 85.1 Å². The van der Waals surface area contributed by atoms with Crippen LogP contribution in [0.5, 0.6) is 23.0 Å². The van der Waals surface area contributed by atoms with Crippen molar-refractivity contribution in [2.45, 2.75) is 71.2 Å². The molecular weight excluding hydrogens is 889 g/mol. The molecule has 2 aliphatic heterocycles. The summed E-state index contributed by atoms with van der Waals surface area (Å²) in [5.74, 6) is 0.192. The quantitative estimate of drug-likeness (QED) is 0.0410. The molecule has 368 valence electrons. The van der Waals surface area contributed by atoms with Crippen LogP contribution < -0.4 is 40.2 Å². The Hall–Kier alpha value is -7.44. The first-order valence-electron chi connectivity index (χ1n) is 22.7. The van der Waals surface area contributed by atoms with Gasteiger partial charge in [-0.05, 0) is 93.5 Å². The highest BCUT2D eigenvalue weighted by Crippen LogP contribution is 2.38. The van der Waals surface area contributed by atoms with E-state index in [0.29, 0.717) is 32.1 Å². The van der Waals surface area contributed by atoms with E-state index in [4.69, 9.17) is 28.4 Å². The predicted molar refractivity (Wildman–Crippen MR) is 261 cm³/mol. The second kappa shape index (κ2) is 24.5. The van der Waals surface area contributed by atoms with Crippen LogP contribution in [-0.4, -0.2) is 111 Å². The molecule has 0 spiro atoms. The van der Waals surface area contributed by atoms with Gasteiger partial charge in [0.1, 0.15) is 13.2 Å². The van der Waals surface area contributed by atoms with Crippen molar-refractivity contribution in [3.63, 3.8) is 0 Å². The van der Waals surface area contributed by atoms with E-state index in [1.807, 2.05) is 76.5 Å². The molecule has 2 atom stereocenters. The third-order valence-electron chi connectivity index (χ3n) is 11.6. The first kappa shape index (κ1) is 51.0. The monoisotopic (exact) mass is 950 g/mol. The molecule has 0 bridgehead atoms. The van der Waals surface area contributed by atoms with Crippen molar-refractivity contribution >= 4 is 46.8 Å². The van der Waals surface area contributed by atoms with Crippen molar-refractivity contribution in [3.05, 3.63) is 119 Å². The lowest BCUT2D eigenvalue weighted by molar-refractivity contribution is 0.0726. The Morgan fingerprint density at radius 1 is 0.580 bits per heavy atom. The standard InChI is InChI=1S/C51H62N6O12/c1-32-20-38(28-58)56(26-32)48(60)40-22-44(64-5)46(24-42(40)54-50(62)68-30-34-10-14-36(52-3)15-11-34)66-18-8-7-9-19-67-47-25-43(55-51(63)69-31-35-12-16-37(53-4)17-13-35)41(23-45(47)65-6)49(61)57-27-33(2)21-39(57)29-59/h10-17,22-27,38-39,52-53,58-59H,7-9,18-21,28-31H2,1-6H3,(H,54,62)(H,55,63)/t38-,39-/m0/s1. The van der Waals surface area contributed by atoms with Gasteiger partial charge in [-0.15, -0.1) is 0 Å². The molecule has 0 aliphatic carbocycles. The number of carbonyl (C=O) groups is 4. The maximum atomic E-state index is 14.0. The third-order valence-corrected chi connectivity index (χ3v) is 11.6. The number of nitrogens with one attached hydrogen (secondary N) is 4. The van der Waals surface area contributed by atoms with Gasteiger partial charge in [-0.25, -0.2) is 9.59 Å². The number of ether oxygens (including phenoxy) is 6. The summed E-state index contributed by atoms with van der Waals surface area (Å²) in [6.07, 6.45) is 4.64.